The second kappa shape index (κ2) is 5.72. The molecule has 1 aromatic rings. The lowest BCUT2D eigenvalue weighted by Gasteiger charge is -1.78. The molecule has 0 atom stereocenters. The van der Waals surface area contributed by atoms with E-state index in [0.717, 1.165) is 0 Å². The lowest BCUT2D eigenvalue weighted by atomic mass is 10.4. The molecule has 1 N–H and O–H groups in total. The Bertz CT molecular complexity index is 187. The van der Waals surface area contributed by atoms with E-state index in [1.165, 1.54) is 38.1 Å². The summed E-state index contributed by atoms with van der Waals surface area (Å²) in [6, 6.07) is 7.94. The van der Waals surface area contributed by atoms with Gasteiger partial charge >= 0.3 is 0 Å². The Balaban J connectivity index is 0.000000127. The molecule has 1 fully saturated rings. The van der Waals surface area contributed by atoms with Crippen LogP contribution < -0.4 is 5.32 Å². The highest BCUT2D eigenvalue weighted by Crippen LogP contribution is 1.91. The van der Waals surface area contributed by atoms with E-state index in [2.05, 4.69) is 5.32 Å². The molecular formula is C10H14FN. The van der Waals surface area contributed by atoms with Crippen molar-refractivity contribution in [1.82, 2.24) is 5.32 Å². The molecule has 0 spiro atoms. The predicted molar refractivity (Wildman–Crippen MR) is 48.5 cm³/mol. The molecule has 2 heteroatoms. The fourth-order valence-electron chi connectivity index (χ4n) is 1.04. The summed E-state index contributed by atoms with van der Waals surface area (Å²) in [6.45, 7) is 2.50. The molecule has 1 aromatic carbocycles. The number of hydrogen-bond acceptors (Lipinski definition) is 1. The molecule has 12 heavy (non-hydrogen) atoms. The Kier molecular flexibility index (Phi) is 4.39. The van der Waals surface area contributed by atoms with E-state index in [1.54, 1.807) is 18.2 Å². The third-order valence-electron chi connectivity index (χ3n) is 1.69. The van der Waals surface area contributed by atoms with Gasteiger partial charge in [-0.15, -0.1) is 0 Å². The monoisotopic (exact) mass is 167 g/mol. The lowest BCUT2D eigenvalue weighted by molar-refractivity contribution is 0.628. The van der Waals surface area contributed by atoms with Gasteiger partial charge in [0.25, 0.3) is 0 Å². The van der Waals surface area contributed by atoms with E-state index in [4.69, 9.17) is 0 Å². The molecule has 0 saturated carbocycles. The molecule has 0 aliphatic carbocycles. The summed E-state index contributed by atoms with van der Waals surface area (Å²) in [7, 11) is 0. The van der Waals surface area contributed by atoms with Crippen molar-refractivity contribution in [3.05, 3.63) is 36.1 Å². The van der Waals surface area contributed by atoms with Crippen molar-refractivity contribution in [2.24, 2.45) is 0 Å². The van der Waals surface area contributed by atoms with E-state index in [1.807, 2.05) is 0 Å². The van der Waals surface area contributed by atoms with Gasteiger partial charge in [-0.3, -0.25) is 0 Å². The number of hydrogen-bond donors (Lipinski definition) is 1. The largest absolute Gasteiger partial charge is 0.317 e. The van der Waals surface area contributed by atoms with Crippen LogP contribution in [0.1, 0.15) is 12.8 Å². The fourth-order valence-corrected chi connectivity index (χ4v) is 1.04. The van der Waals surface area contributed by atoms with Crippen LogP contribution in [0.15, 0.2) is 30.3 Å². The van der Waals surface area contributed by atoms with Gasteiger partial charge in [0, 0.05) is 0 Å². The molecule has 0 aromatic heterocycles. The summed E-state index contributed by atoms with van der Waals surface area (Å²) in [5.41, 5.74) is 0. The first kappa shape index (κ1) is 9.20. The highest BCUT2D eigenvalue weighted by atomic mass is 19.1. The molecule has 1 aliphatic heterocycles. The minimum absolute atomic E-state index is 0.178. The van der Waals surface area contributed by atoms with Crippen LogP contribution in [0.25, 0.3) is 0 Å². The van der Waals surface area contributed by atoms with Crippen molar-refractivity contribution in [3.63, 3.8) is 0 Å². The van der Waals surface area contributed by atoms with Crippen molar-refractivity contribution >= 4 is 0 Å². The van der Waals surface area contributed by atoms with E-state index >= 15 is 0 Å². The first-order valence-corrected chi connectivity index (χ1v) is 4.31. The molecule has 1 aliphatic rings. The van der Waals surface area contributed by atoms with Gasteiger partial charge in [0.15, 0.2) is 0 Å². The quantitative estimate of drug-likeness (QED) is 0.624. The van der Waals surface area contributed by atoms with Crippen LogP contribution in [0.4, 0.5) is 4.39 Å². The highest BCUT2D eigenvalue weighted by Gasteiger charge is 1.93. The van der Waals surface area contributed by atoms with E-state index in [0.29, 0.717) is 0 Å². The average Bonchev–Trinajstić information content (AvgIpc) is 2.62. The Labute approximate surface area is 72.6 Å². The number of benzene rings is 1. The SMILES string of the molecule is C1CCNC1.Fc1ccccc1. The van der Waals surface area contributed by atoms with Gasteiger partial charge in [-0.2, -0.15) is 0 Å². The van der Waals surface area contributed by atoms with Gasteiger partial charge in [-0.25, -0.2) is 4.39 Å². The zero-order chi connectivity index (χ0) is 8.65. The van der Waals surface area contributed by atoms with E-state index in [-0.39, 0.29) is 5.82 Å². The molecule has 1 nitrogen and oxygen atoms in total. The van der Waals surface area contributed by atoms with Crippen LogP contribution in [0.3, 0.4) is 0 Å². The lowest BCUT2D eigenvalue weighted by Crippen LogP contribution is -2.03. The maximum atomic E-state index is 11.9. The molecular weight excluding hydrogens is 153 g/mol. The van der Waals surface area contributed by atoms with Gasteiger partial charge in [-0.1, -0.05) is 18.2 Å². The Morgan fingerprint density at radius 3 is 1.83 bits per heavy atom. The Morgan fingerprint density at radius 1 is 1.00 bits per heavy atom. The summed E-state index contributed by atoms with van der Waals surface area (Å²) < 4.78 is 11.9. The second-order valence-electron chi connectivity index (χ2n) is 2.75. The standard InChI is InChI=1S/C6H5F.C4H9N/c7-6-4-2-1-3-5-6;1-2-4-5-3-1/h1-5H;5H,1-4H2. The molecule has 66 valence electrons. The topological polar surface area (TPSA) is 12.0 Å². The van der Waals surface area contributed by atoms with E-state index in [9.17, 15) is 4.39 Å². The first-order valence-electron chi connectivity index (χ1n) is 4.31. The van der Waals surface area contributed by atoms with Crippen molar-refractivity contribution in [3.8, 4) is 0 Å². The molecule has 0 radical (unpaired) electrons. The normalized spacial score (nSPS) is 15.1. The summed E-state index contributed by atoms with van der Waals surface area (Å²) in [6.07, 6.45) is 2.78. The zero-order valence-corrected chi connectivity index (χ0v) is 7.09. The van der Waals surface area contributed by atoms with Crippen LogP contribution in [0, 0.1) is 5.82 Å². The van der Waals surface area contributed by atoms with Crippen molar-refractivity contribution in [2.45, 2.75) is 12.8 Å². The number of nitrogens with one attached hydrogen (secondary N) is 1. The molecule has 0 bridgehead atoms. The minimum atomic E-state index is -0.178. The maximum Gasteiger partial charge on any atom is 0.123 e. The third-order valence-corrected chi connectivity index (χ3v) is 1.69. The summed E-state index contributed by atoms with van der Waals surface area (Å²) >= 11 is 0. The van der Waals surface area contributed by atoms with Crippen LogP contribution in [-0.2, 0) is 0 Å². The fraction of sp³-hybridized carbons (Fsp3) is 0.400. The van der Waals surface area contributed by atoms with Gasteiger partial charge < -0.3 is 5.32 Å². The van der Waals surface area contributed by atoms with Gasteiger partial charge in [0.05, 0.1) is 0 Å². The third kappa shape index (κ3) is 4.09. The van der Waals surface area contributed by atoms with Crippen LogP contribution >= 0.6 is 0 Å². The van der Waals surface area contributed by atoms with Gasteiger partial charge in [0.1, 0.15) is 5.82 Å². The highest BCUT2D eigenvalue weighted by molar-refractivity contribution is 5.02. The number of rotatable bonds is 0. The Morgan fingerprint density at radius 2 is 1.58 bits per heavy atom. The molecule has 2 rings (SSSR count). The molecule has 0 unspecified atom stereocenters. The van der Waals surface area contributed by atoms with Gasteiger partial charge in [0.2, 0.25) is 0 Å². The van der Waals surface area contributed by atoms with Gasteiger partial charge in [-0.05, 0) is 38.1 Å². The number of halogens is 1. The van der Waals surface area contributed by atoms with E-state index < -0.39 is 0 Å². The van der Waals surface area contributed by atoms with Crippen LogP contribution in [-0.4, -0.2) is 13.1 Å². The zero-order valence-electron chi connectivity index (χ0n) is 7.09. The van der Waals surface area contributed by atoms with Crippen molar-refractivity contribution in [2.75, 3.05) is 13.1 Å². The second-order valence-corrected chi connectivity index (χ2v) is 2.75. The smallest absolute Gasteiger partial charge is 0.123 e. The first-order chi connectivity index (χ1) is 5.89. The minimum Gasteiger partial charge on any atom is -0.317 e. The Hall–Kier alpha value is -0.890. The summed E-state index contributed by atoms with van der Waals surface area (Å²) in [4.78, 5) is 0. The van der Waals surface area contributed by atoms with Crippen LogP contribution in [0.2, 0.25) is 0 Å². The van der Waals surface area contributed by atoms with Crippen LogP contribution in [0.5, 0.6) is 0 Å². The molecule has 1 saturated heterocycles. The van der Waals surface area contributed by atoms with Crippen molar-refractivity contribution < 1.29 is 4.39 Å². The van der Waals surface area contributed by atoms with Crippen molar-refractivity contribution in [1.29, 1.82) is 0 Å². The summed E-state index contributed by atoms with van der Waals surface area (Å²) in [5.74, 6) is -0.178. The maximum absolute atomic E-state index is 11.9. The summed E-state index contributed by atoms with van der Waals surface area (Å²) in [5, 5.41) is 3.22. The predicted octanol–water partition coefficient (Wildman–Crippen LogP) is 2.20. The molecule has 0 amide bonds. The molecule has 1 heterocycles. The average molecular weight is 167 g/mol.